The number of aromatic nitrogens is 3. The number of carbonyl (C=O) groups is 3. The largest absolute Gasteiger partial charge is 0.495 e. The van der Waals surface area contributed by atoms with Gasteiger partial charge in [-0.25, -0.2) is 4.79 Å². The zero-order chi connectivity index (χ0) is 33.3. The summed E-state index contributed by atoms with van der Waals surface area (Å²) in [6.07, 6.45) is 4.82. The lowest BCUT2D eigenvalue weighted by Gasteiger charge is -2.14. The fourth-order valence-electron chi connectivity index (χ4n) is 5.35. The summed E-state index contributed by atoms with van der Waals surface area (Å²) < 4.78 is 23.3. The average Bonchev–Trinajstić information content (AvgIpc) is 3.57. The van der Waals surface area contributed by atoms with Gasteiger partial charge in [0.05, 0.1) is 51.5 Å². The number of esters is 1. The number of rotatable bonds is 13. The number of nitrogens with one attached hydrogen (secondary N) is 2. The second-order valence-corrected chi connectivity index (χ2v) is 12.5. The van der Waals surface area contributed by atoms with E-state index in [0.717, 1.165) is 42.5 Å². The summed E-state index contributed by atoms with van der Waals surface area (Å²) in [4.78, 5) is 40.5. The van der Waals surface area contributed by atoms with Crippen molar-refractivity contribution in [2.45, 2.75) is 50.7 Å². The van der Waals surface area contributed by atoms with Crippen LogP contribution >= 0.6 is 23.1 Å². The van der Waals surface area contributed by atoms with Gasteiger partial charge in [0.1, 0.15) is 10.8 Å². The van der Waals surface area contributed by atoms with E-state index < -0.39 is 5.97 Å². The van der Waals surface area contributed by atoms with E-state index in [-0.39, 0.29) is 30.7 Å². The quantitative estimate of drug-likeness (QED) is 0.106. The number of para-hydroxylation sites is 2. The van der Waals surface area contributed by atoms with Crippen molar-refractivity contribution in [3.8, 4) is 22.9 Å². The SMILES string of the molecule is CCOC(=O)c1c(NC(=O)CSc2nnc(CNC(=O)c3ccc(OC)c(OC)c3)n2-c2ccccc2OC)sc2c1CCCCC2. The lowest BCUT2D eigenvalue weighted by molar-refractivity contribution is -0.113. The van der Waals surface area contributed by atoms with Crippen molar-refractivity contribution in [2.75, 3.05) is 39.0 Å². The number of aryl methyl sites for hydroxylation is 1. The molecule has 248 valence electrons. The molecule has 0 spiro atoms. The molecule has 0 saturated heterocycles. The number of ether oxygens (including phenoxy) is 4. The minimum Gasteiger partial charge on any atom is -0.495 e. The Kier molecular flexibility index (Phi) is 11.4. The monoisotopic (exact) mass is 679 g/mol. The lowest BCUT2D eigenvalue weighted by Crippen LogP contribution is -2.25. The molecule has 2 aromatic carbocycles. The summed E-state index contributed by atoms with van der Waals surface area (Å²) in [6, 6.07) is 12.2. The second-order valence-electron chi connectivity index (χ2n) is 10.5. The number of thioether (sulfide) groups is 1. The maximum atomic E-state index is 13.3. The van der Waals surface area contributed by atoms with Crippen molar-refractivity contribution >= 4 is 45.9 Å². The Hall–Kier alpha value is -4.56. The van der Waals surface area contributed by atoms with Gasteiger partial charge >= 0.3 is 5.97 Å². The zero-order valence-corrected chi connectivity index (χ0v) is 28.3. The Morgan fingerprint density at radius 1 is 0.936 bits per heavy atom. The van der Waals surface area contributed by atoms with E-state index in [2.05, 4.69) is 20.8 Å². The number of benzene rings is 2. The Morgan fingerprint density at radius 3 is 2.47 bits per heavy atom. The van der Waals surface area contributed by atoms with Crippen LogP contribution < -0.4 is 24.8 Å². The molecule has 0 aliphatic heterocycles. The molecule has 0 fully saturated rings. The highest BCUT2D eigenvalue weighted by Crippen LogP contribution is 2.38. The van der Waals surface area contributed by atoms with E-state index in [1.165, 1.54) is 37.3 Å². The van der Waals surface area contributed by atoms with Crippen LogP contribution in [0.4, 0.5) is 5.00 Å². The molecule has 47 heavy (non-hydrogen) atoms. The zero-order valence-electron chi connectivity index (χ0n) is 26.7. The summed E-state index contributed by atoms with van der Waals surface area (Å²) in [5.41, 5.74) is 2.48. The van der Waals surface area contributed by atoms with Crippen molar-refractivity contribution in [2.24, 2.45) is 0 Å². The number of thiophene rings is 1. The van der Waals surface area contributed by atoms with Crippen LogP contribution in [0.2, 0.25) is 0 Å². The molecule has 5 rings (SSSR count). The van der Waals surface area contributed by atoms with Crippen LogP contribution in [0, 0.1) is 0 Å². The first kappa shape index (κ1) is 33.8. The van der Waals surface area contributed by atoms with E-state index in [1.807, 2.05) is 18.2 Å². The van der Waals surface area contributed by atoms with Crippen LogP contribution in [0.1, 0.15) is 63.2 Å². The number of hydrogen-bond acceptors (Lipinski definition) is 11. The number of anilines is 1. The van der Waals surface area contributed by atoms with E-state index in [4.69, 9.17) is 18.9 Å². The van der Waals surface area contributed by atoms with Gasteiger partial charge in [-0.2, -0.15) is 0 Å². The molecule has 2 heterocycles. The third-order valence-corrected chi connectivity index (χ3v) is 9.70. The fraction of sp³-hybridized carbons (Fsp3) is 0.364. The number of carbonyl (C=O) groups excluding carboxylic acids is 3. The third-order valence-electron chi connectivity index (χ3n) is 7.57. The van der Waals surface area contributed by atoms with Crippen LogP contribution in [0.15, 0.2) is 47.6 Å². The van der Waals surface area contributed by atoms with E-state index in [1.54, 1.807) is 42.9 Å². The lowest BCUT2D eigenvalue weighted by atomic mass is 10.1. The number of amides is 2. The summed E-state index contributed by atoms with van der Waals surface area (Å²) in [6.45, 7) is 2.06. The van der Waals surface area contributed by atoms with E-state index in [0.29, 0.717) is 50.0 Å². The van der Waals surface area contributed by atoms with Crippen molar-refractivity contribution in [3.63, 3.8) is 0 Å². The molecule has 4 aromatic rings. The Morgan fingerprint density at radius 2 is 1.70 bits per heavy atom. The van der Waals surface area contributed by atoms with Crippen molar-refractivity contribution in [1.82, 2.24) is 20.1 Å². The maximum absolute atomic E-state index is 13.3. The van der Waals surface area contributed by atoms with Crippen LogP contribution in [-0.4, -0.2) is 66.2 Å². The molecule has 1 aliphatic rings. The minimum atomic E-state index is -0.412. The van der Waals surface area contributed by atoms with Crippen LogP contribution in [0.3, 0.4) is 0 Å². The van der Waals surface area contributed by atoms with Gasteiger partial charge in [-0.3, -0.25) is 14.2 Å². The van der Waals surface area contributed by atoms with Gasteiger partial charge in [0.15, 0.2) is 22.5 Å². The maximum Gasteiger partial charge on any atom is 0.341 e. The minimum absolute atomic E-state index is 0.00385. The molecule has 0 radical (unpaired) electrons. The van der Waals surface area contributed by atoms with Crippen molar-refractivity contribution in [1.29, 1.82) is 0 Å². The summed E-state index contributed by atoms with van der Waals surface area (Å²) in [5.74, 6) is 0.874. The number of fused-ring (bicyclic) bond motifs is 1. The second kappa shape index (κ2) is 15.8. The molecule has 0 bridgehead atoms. The average molecular weight is 680 g/mol. The van der Waals surface area contributed by atoms with E-state index >= 15 is 0 Å². The van der Waals surface area contributed by atoms with Gasteiger partial charge in [-0.15, -0.1) is 21.5 Å². The molecule has 1 aliphatic carbocycles. The normalized spacial score (nSPS) is 12.4. The van der Waals surface area contributed by atoms with Gasteiger partial charge < -0.3 is 29.6 Å². The van der Waals surface area contributed by atoms with Gasteiger partial charge in [0.2, 0.25) is 5.91 Å². The van der Waals surface area contributed by atoms with Gasteiger partial charge in [-0.05, 0) is 68.5 Å². The van der Waals surface area contributed by atoms with Gasteiger partial charge in [0, 0.05) is 10.4 Å². The molecule has 0 saturated carbocycles. The summed E-state index contributed by atoms with van der Waals surface area (Å²) in [5, 5.41) is 15.5. The predicted octanol–water partition coefficient (Wildman–Crippen LogP) is 5.46. The number of nitrogens with zero attached hydrogens (tertiary/aromatic N) is 3. The molecule has 2 amide bonds. The smallest absolute Gasteiger partial charge is 0.341 e. The van der Waals surface area contributed by atoms with Gasteiger partial charge in [-0.1, -0.05) is 30.3 Å². The molecule has 14 heteroatoms. The Labute approximate surface area is 281 Å². The summed E-state index contributed by atoms with van der Waals surface area (Å²) >= 11 is 2.63. The highest BCUT2D eigenvalue weighted by atomic mass is 32.2. The molecule has 12 nitrogen and oxygen atoms in total. The van der Waals surface area contributed by atoms with Crippen LogP contribution in [0.25, 0.3) is 5.69 Å². The number of hydrogen-bond donors (Lipinski definition) is 2. The molecular weight excluding hydrogens is 643 g/mol. The summed E-state index contributed by atoms with van der Waals surface area (Å²) in [7, 11) is 4.59. The molecule has 0 unspecified atom stereocenters. The topological polar surface area (TPSA) is 143 Å². The molecular formula is C33H37N5O7S2. The molecule has 0 atom stereocenters. The molecule has 2 N–H and O–H groups in total. The number of methoxy groups -OCH3 is 3. The Balaban J connectivity index is 1.36. The fourth-order valence-corrected chi connectivity index (χ4v) is 7.40. The van der Waals surface area contributed by atoms with Gasteiger partial charge in [0.25, 0.3) is 5.91 Å². The van der Waals surface area contributed by atoms with Crippen LogP contribution in [0.5, 0.6) is 17.2 Å². The first-order valence-corrected chi connectivity index (χ1v) is 17.0. The Bertz CT molecular complexity index is 1750. The van der Waals surface area contributed by atoms with E-state index in [9.17, 15) is 14.4 Å². The first-order chi connectivity index (χ1) is 22.9. The van der Waals surface area contributed by atoms with Crippen molar-refractivity contribution < 1.29 is 33.3 Å². The van der Waals surface area contributed by atoms with Crippen molar-refractivity contribution in [3.05, 3.63) is 69.9 Å². The first-order valence-electron chi connectivity index (χ1n) is 15.2. The highest BCUT2D eigenvalue weighted by Gasteiger charge is 2.27. The molecule has 2 aromatic heterocycles. The third kappa shape index (κ3) is 7.71. The standard InChI is InChI=1S/C33H37N5O7S2/c1-5-45-32(41)29-21-11-7-6-8-14-26(21)47-31(29)35-28(39)19-46-33-37-36-27(38(33)22-12-9-10-13-23(22)42-2)18-34-30(40)20-15-16-24(43-3)25(17-20)44-4/h9-10,12-13,15-17H,5-8,11,14,18-19H2,1-4H3,(H,34,40)(H,35,39). The highest BCUT2D eigenvalue weighted by molar-refractivity contribution is 7.99. The predicted molar refractivity (Wildman–Crippen MR) is 180 cm³/mol. The van der Waals surface area contributed by atoms with Crippen LogP contribution in [-0.2, 0) is 28.9 Å².